The fraction of sp³-hybridized carbons (Fsp3) is 0.333. The SMILES string of the molecule is N#Cc1cnc2ccccc2c1NCC1CCOC1. The van der Waals surface area contributed by atoms with Crippen molar-refractivity contribution in [2.24, 2.45) is 5.92 Å². The third kappa shape index (κ3) is 2.38. The number of hydrogen-bond donors (Lipinski definition) is 1. The quantitative estimate of drug-likeness (QED) is 0.913. The molecule has 2 heterocycles. The number of fused-ring (bicyclic) bond motifs is 1. The first-order valence-corrected chi connectivity index (χ1v) is 6.48. The highest BCUT2D eigenvalue weighted by atomic mass is 16.5. The van der Waals surface area contributed by atoms with E-state index in [1.807, 2.05) is 24.3 Å². The predicted molar refractivity (Wildman–Crippen MR) is 73.9 cm³/mol. The largest absolute Gasteiger partial charge is 0.383 e. The molecule has 4 nitrogen and oxygen atoms in total. The van der Waals surface area contributed by atoms with E-state index in [9.17, 15) is 5.26 Å². The smallest absolute Gasteiger partial charge is 0.103 e. The van der Waals surface area contributed by atoms with Crippen LogP contribution < -0.4 is 5.32 Å². The Hall–Kier alpha value is -2.12. The van der Waals surface area contributed by atoms with Crippen LogP contribution in [0.15, 0.2) is 30.5 Å². The Morgan fingerprint density at radius 3 is 3.11 bits per heavy atom. The fourth-order valence-electron chi connectivity index (χ4n) is 2.41. The normalized spacial score (nSPS) is 18.4. The molecule has 96 valence electrons. The van der Waals surface area contributed by atoms with Gasteiger partial charge in [0.15, 0.2) is 0 Å². The molecule has 1 fully saturated rings. The summed E-state index contributed by atoms with van der Waals surface area (Å²) in [5.74, 6) is 0.526. The second kappa shape index (κ2) is 5.25. The van der Waals surface area contributed by atoms with E-state index in [0.717, 1.165) is 42.8 Å². The van der Waals surface area contributed by atoms with Crippen molar-refractivity contribution in [1.29, 1.82) is 5.26 Å². The molecule has 1 atom stereocenters. The van der Waals surface area contributed by atoms with Gasteiger partial charge in [-0.05, 0) is 12.5 Å². The standard InChI is InChI=1S/C15H15N3O/c16-7-12-9-17-14-4-2-1-3-13(14)15(12)18-8-11-5-6-19-10-11/h1-4,9,11H,5-6,8,10H2,(H,17,18). The predicted octanol–water partition coefficient (Wildman–Crippen LogP) is 2.55. The lowest BCUT2D eigenvalue weighted by Gasteiger charge is -2.14. The van der Waals surface area contributed by atoms with Crippen molar-refractivity contribution in [1.82, 2.24) is 4.98 Å². The minimum Gasteiger partial charge on any atom is -0.383 e. The maximum absolute atomic E-state index is 9.22. The summed E-state index contributed by atoms with van der Waals surface area (Å²) in [6.07, 6.45) is 2.72. The molecule has 0 amide bonds. The van der Waals surface area contributed by atoms with E-state index in [1.165, 1.54) is 0 Å². The first-order chi connectivity index (χ1) is 9.38. The van der Waals surface area contributed by atoms with Gasteiger partial charge in [0.1, 0.15) is 6.07 Å². The van der Waals surface area contributed by atoms with Crippen molar-refractivity contribution < 1.29 is 4.74 Å². The minimum atomic E-state index is 0.526. The van der Waals surface area contributed by atoms with Crippen LogP contribution in [0.25, 0.3) is 10.9 Å². The van der Waals surface area contributed by atoms with Gasteiger partial charge in [0.25, 0.3) is 0 Å². The number of rotatable bonds is 3. The number of anilines is 1. The zero-order valence-corrected chi connectivity index (χ0v) is 10.6. The lowest BCUT2D eigenvalue weighted by molar-refractivity contribution is 0.187. The molecule has 1 unspecified atom stereocenters. The summed E-state index contributed by atoms with van der Waals surface area (Å²) in [6.45, 7) is 2.48. The first-order valence-electron chi connectivity index (χ1n) is 6.48. The number of nitrogens with one attached hydrogen (secondary N) is 1. The molecule has 0 saturated carbocycles. The van der Waals surface area contributed by atoms with E-state index in [-0.39, 0.29) is 0 Å². The van der Waals surface area contributed by atoms with Gasteiger partial charge >= 0.3 is 0 Å². The Kier molecular flexibility index (Phi) is 3.30. The average Bonchev–Trinajstić information content (AvgIpc) is 2.97. The number of aromatic nitrogens is 1. The summed E-state index contributed by atoms with van der Waals surface area (Å²) in [5.41, 5.74) is 2.39. The van der Waals surface area contributed by atoms with Crippen LogP contribution in [0, 0.1) is 17.2 Å². The van der Waals surface area contributed by atoms with Gasteiger partial charge < -0.3 is 10.1 Å². The molecule has 1 N–H and O–H groups in total. The zero-order chi connectivity index (χ0) is 13.1. The van der Waals surface area contributed by atoms with Crippen LogP contribution in [0.1, 0.15) is 12.0 Å². The Morgan fingerprint density at radius 2 is 2.32 bits per heavy atom. The second-order valence-corrected chi connectivity index (χ2v) is 4.79. The van der Waals surface area contributed by atoms with E-state index in [0.29, 0.717) is 11.5 Å². The first kappa shape index (κ1) is 11.9. The Balaban J connectivity index is 1.93. The van der Waals surface area contributed by atoms with Gasteiger partial charge in [-0.15, -0.1) is 0 Å². The van der Waals surface area contributed by atoms with Gasteiger partial charge in [0.2, 0.25) is 0 Å². The zero-order valence-electron chi connectivity index (χ0n) is 10.6. The van der Waals surface area contributed by atoms with Gasteiger partial charge in [-0.25, -0.2) is 0 Å². The van der Waals surface area contributed by atoms with Crippen molar-refractivity contribution in [3.05, 3.63) is 36.0 Å². The Labute approximate surface area is 112 Å². The van der Waals surface area contributed by atoms with Gasteiger partial charge in [0, 0.05) is 30.7 Å². The summed E-state index contributed by atoms with van der Waals surface area (Å²) in [5, 5.41) is 13.6. The van der Waals surface area contributed by atoms with Gasteiger partial charge in [0.05, 0.1) is 23.4 Å². The van der Waals surface area contributed by atoms with Crippen LogP contribution in [0.3, 0.4) is 0 Å². The molecule has 3 rings (SSSR count). The summed E-state index contributed by atoms with van der Waals surface area (Å²) < 4.78 is 5.37. The summed E-state index contributed by atoms with van der Waals surface area (Å²) >= 11 is 0. The van der Waals surface area contributed by atoms with Crippen LogP contribution in [0.4, 0.5) is 5.69 Å². The molecular formula is C15H15N3O. The average molecular weight is 253 g/mol. The van der Waals surface area contributed by atoms with Crippen molar-refractivity contribution >= 4 is 16.6 Å². The molecule has 1 saturated heterocycles. The van der Waals surface area contributed by atoms with Crippen LogP contribution in [0.5, 0.6) is 0 Å². The van der Waals surface area contributed by atoms with E-state index < -0.39 is 0 Å². The van der Waals surface area contributed by atoms with Crippen molar-refractivity contribution in [3.63, 3.8) is 0 Å². The Bertz CT molecular complexity index is 627. The maximum atomic E-state index is 9.22. The number of pyridine rings is 1. The fourth-order valence-corrected chi connectivity index (χ4v) is 2.41. The molecule has 0 radical (unpaired) electrons. The number of benzene rings is 1. The molecule has 1 aliphatic heterocycles. The lowest BCUT2D eigenvalue weighted by atomic mass is 10.1. The second-order valence-electron chi connectivity index (χ2n) is 4.79. The molecule has 0 aliphatic carbocycles. The molecule has 2 aromatic rings. The third-order valence-corrected chi connectivity index (χ3v) is 3.49. The summed E-state index contributed by atoms with van der Waals surface area (Å²) in [4.78, 5) is 4.31. The molecule has 0 spiro atoms. The number of ether oxygens (including phenoxy) is 1. The van der Waals surface area contributed by atoms with Crippen molar-refractivity contribution in [2.75, 3.05) is 25.1 Å². The molecule has 4 heteroatoms. The van der Waals surface area contributed by atoms with Crippen LogP contribution in [-0.2, 0) is 4.74 Å². The maximum Gasteiger partial charge on any atom is 0.103 e. The monoisotopic (exact) mass is 253 g/mol. The van der Waals surface area contributed by atoms with Crippen molar-refractivity contribution in [2.45, 2.75) is 6.42 Å². The highest BCUT2D eigenvalue weighted by molar-refractivity contribution is 5.93. The molecule has 0 bridgehead atoms. The van der Waals surface area contributed by atoms with Crippen LogP contribution in [-0.4, -0.2) is 24.7 Å². The molecular weight excluding hydrogens is 238 g/mol. The number of hydrogen-bond acceptors (Lipinski definition) is 4. The Morgan fingerprint density at radius 1 is 1.42 bits per heavy atom. The van der Waals surface area contributed by atoms with E-state index in [2.05, 4.69) is 16.4 Å². The minimum absolute atomic E-state index is 0.526. The lowest BCUT2D eigenvalue weighted by Crippen LogP contribution is -2.15. The van der Waals surface area contributed by atoms with Gasteiger partial charge in [-0.1, -0.05) is 18.2 Å². The molecule has 19 heavy (non-hydrogen) atoms. The van der Waals surface area contributed by atoms with E-state index in [1.54, 1.807) is 6.20 Å². The number of nitriles is 1. The van der Waals surface area contributed by atoms with Crippen LogP contribution >= 0.6 is 0 Å². The summed E-state index contributed by atoms with van der Waals surface area (Å²) in [7, 11) is 0. The topological polar surface area (TPSA) is 57.9 Å². The third-order valence-electron chi connectivity index (χ3n) is 3.49. The van der Waals surface area contributed by atoms with E-state index in [4.69, 9.17) is 4.74 Å². The number of nitrogens with zero attached hydrogens (tertiary/aromatic N) is 2. The molecule has 1 aliphatic rings. The summed E-state index contributed by atoms with van der Waals surface area (Å²) in [6, 6.07) is 10.1. The van der Waals surface area contributed by atoms with Gasteiger partial charge in [-0.3, -0.25) is 4.98 Å². The van der Waals surface area contributed by atoms with Crippen molar-refractivity contribution in [3.8, 4) is 6.07 Å². The molecule has 1 aromatic carbocycles. The highest BCUT2D eigenvalue weighted by Crippen LogP contribution is 2.26. The number of para-hydroxylation sites is 1. The van der Waals surface area contributed by atoms with Crippen LogP contribution in [0.2, 0.25) is 0 Å². The highest BCUT2D eigenvalue weighted by Gasteiger charge is 2.16. The van der Waals surface area contributed by atoms with Gasteiger partial charge in [-0.2, -0.15) is 5.26 Å². The molecule has 1 aromatic heterocycles. The van der Waals surface area contributed by atoms with E-state index >= 15 is 0 Å².